The zero-order valence-corrected chi connectivity index (χ0v) is 16.4. The van der Waals surface area contributed by atoms with E-state index in [0.29, 0.717) is 38.2 Å². The van der Waals surface area contributed by atoms with E-state index in [1.54, 1.807) is 13.2 Å². The van der Waals surface area contributed by atoms with Crippen LogP contribution in [0.4, 0.5) is 0 Å². The van der Waals surface area contributed by atoms with Crippen molar-refractivity contribution >= 4 is 5.96 Å². The first kappa shape index (κ1) is 20.7. The highest BCUT2D eigenvalue weighted by atomic mass is 16.5. The zero-order valence-electron chi connectivity index (χ0n) is 16.4. The molecule has 0 aliphatic carbocycles. The molecule has 1 unspecified atom stereocenters. The maximum Gasteiger partial charge on any atom is 0.218 e. The van der Waals surface area contributed by atoms with E-state index < -0.39 is 0 Å². The van der Waals surface area contributed by atoms with Gasteiger partial charge in [-0.1, -0.05) is 43.3 Å². The predicted octanol–water partition coefficient (Wildman–Crippen LogP) is 3.00. The molecule has 0 spiro atoms. The number of hydrogen-bond donors (Lipinski definition) is 2. The van der Waals surface area contributed by atoms with Gasteiger partial charge in [-0.2, -0.15) is 0 Å². The van der Waals surface area contributed by atoms with Crippen LogP contribution in [0, 0.1) is 5.92 Å². The quantitative estimate of drug-likeness (QED) is 0.497. The molecule has 0 amide bonds. The monoisotopic (exact) mass is 370 g/mol. The molecule has 27 heavy (non-hydrogen) atoms. The van der Waals surface area contributed by atoms with Crippen molar-refractivity contribution in [2.75, 3.05) is 26.8 Å². The summed E-state index contributed by atoms with van der Waals surface area (Å²) in [6, 6.07) is 14.1. The molecule has 146 valence electrons. The Kier molecular flexibility index (Phi) is 9.13. The van der Waals surface area contributed by atoms with E-state index in [4.69, 9.17) is 9.47 Å². The van der Waals surface area contributed by atoms with Gasteiger partial charge in [0.25, 0.3) is 0 Å². The minimum atomic E-state index is 0.365. The lowest BCUT2D eigenvalue weighted by molar-refractivity contribution is 0.0931. The van der Waals surface area contributed by atoms with Crippen LogP contribution in [0.2, 0.25) is 0 Å². The molecule has 6 heteroatoms. The minimum absolute atomic E-state index is 0.365. The van der Waals surface area contributed by atoms with Gasteiger partial charge in [-0.3, -0.25) is 4.99 Å². The van der Waals surface area contributed by atoms with Gasteiger partial charge in [0.1, 0.15) is 0 Å². The number of aromatic nitrogens is 1. The molecule has 0 fully saturated rings. The van der Waals surface area contributed by atoms with Gasteiger partial charge in [0, 0.05) is 31.9 Å². The minimum Gasteiger partial charge on any atom is -0.478 e. The first-order chi connectivity index (χ1) is 13.2. The molecule has 0 saturated carbocycles. The van der Waals surface area contributed by atoms with Gasteiger partial charge in [-0.15, -0.1) is 0 Å². The SMILES string of the molecule is CCOc1ncccc1CNC(=NC)NCC(C)COCc1ccccc1. The third-order valence-electron chi connectivity index (χ3n) is 3.93. The van der Waals surface area contributed by atoms with Gasteiger partial charge in [-0.25, -0.2) is 4.98 Å². The van der Waals surface area contributed by atoms with Crippen molar-refractivity contribution in [3.8, 4) is 5.88 Å². The van der Waals surface area contributed by atoms with Crippen LogP contribution in [-0.2, 0) is 17.9 Å². The van der Waals surface area contributed by atoms with Crippen molar-refractivity contribution < 1.29 is 9.47 Å². The average molecular weight is 370 g/mol. The van der Waals surface area contributed by atoms with Gasteiger partial charge >= 0.3 is 0 Å². The molecule has 1 aromatic carbocycles. The molecule has 0 radical (unpaired) electrons. The summed E-state index contributed by atoms with van der Waals surface area (Å²) in [6.07, 6.45) is 1.73. The molecule has 0 aliphatic heterocycles. The molecule has 6 nitrogen and oxygen atoms in total. The Hall–Kier alpha value is -2.60. The summed E-state index contributed by atoms with van der Waals surface area (Å²) in [5.41, 5.74) is 2.19. The van der Waals surface area contributed by atoms with Gasteiger partial charge in [0.05, 0.1) is 19.8 Å². The molecule has 0 aliphatic rings. The molecular formula is C21H30N4O2. The van der Waals surface area contributed by atoms with Crippen molar-refractivity contribution in [2.45, 2.75) is 27.0 Å². The number of guanidine groups is 1. The average Bonchev–Trinajstić information content (AvgIpc) is 2.70. The molecule has 0 bridgehead atoms. The van der Waals surface area contributed by atoms with Crippen molar-refractivity contribution in [1.29, 1.82) is 0 Å². The van der Waals surface area contributed by atoms with Crippen LogP contribution in [0.25, 0.3) is 0 Å². The first-order valence-corrected chi connectivity index (χ1v) is 9.35. The highest BCUT2D eigenvalue weighted by molar-refractivity contribution is 5.79. The summed E-state index contributed by atoms with van der Waals surface area (Å²) in [6.45, 7) is 7.40. The standard InChI is InChI=1S/C21H30N4O2/c1-4-27-20-19(11-8-12-23-20)14-25-21(22-3)24-13-17(2)15-26-16-18-9-6-5-7-10-18/h5-12,17H,4,13-16H2,1-3H3,(H2,22,24,25). The maximum atomic E-state index is 5.79. The highest BCUT2D eigenvalue weighted by Crippen LogP contribution is 2.13. The second kappa shape index (κ2) is 11.9. The number of nitrogens with zero attached hydrogens (tertiary/aromatic N) is 2. The Morgan fingerprint density at radius 1 is 1.15 bits per heavy atom. The zero-order chi connectivity index (χ0) is 19.3. The fraction of sp³-hybridized carbons (Fsp3) is 0.429. The van der Waals surface area contributed by atoms with Gasteiger partial charge in [0.2, 0.25) is 5.88 Å². The molecule has 2 N–H and O–H groups in total. The number of ether oxygens (including phenoxy) is 2. The number of benzene rings is 1. The Bertz CT molecular complexity index is 692. The number of nitrogens with one attached hydrogen (secondary N) is 2. The first-order valence-electron chi connectivity index (χ1n) is 9.35. The number of pyridine rings is 1. The predicted molar refractivity (Wildman–Crippen MR) is 109 cm³/mol. The van der Waals surface area contributed by atoms with Crippen LogP contribution in [0.3, 0.4) is 0 Å². The van der Waals surface area contributed by atoms with E-state index in [-0.39, 0.29) is 0 Å². The maximum absolute atomic E-state index is 5.79. The van der Waals surface area contributed by atoms with Crippen molar-refractivity contribution in [3.63, 3.8) is 0 Å². The second-order valence-electron chi connectivity index (χ2n) is 6.31. The Morgan fingerprint density at radius 3 is 2.70 bits per heavy atom. The summed E-state index contributed by atoms with van der Waals surface area (Å²) in [4.78, 5) is 8.54. The second-order valence-corrected chi connectivity index (χ2v) is 6.31. The molecule has 1 heterocycles. The largest absolute Gasteiger partial charge is 0.478 e. The smallest absolute Gasteiger partial charge is 0.218 e. The summed E-state index contributed by atoms with van der Waals surface area (Å²) in [5, 5.41) is 6.64. The molecule has 1 atom stereocenters. The third kappa shape index (κ3) is 7.66. The Labute approximate surface area is 162 Å². The topological polar surface area (TPSA) is 67.8 Å². The van der Waals surface area contributed by atoms with Crippen LogP contribution in [0.15, 0.2) is 53.7 Å². The van der Waals surface area contributed by atoms with Crippen molar-refractivity contribution in [1.82, 2.24) is 15.6 Å². The lowest BCUT2D eigenvalue weighted by Crippen LogP contribution is -2.39. The highest BCUT2D eigenvalue weighted by Gasteiger charge is 2.07. The number of rotatable bonds is 10. The summed E-state index contributed by atoms with van der Waals surface area (Å²) in [7, 11) is 1.76. The van der Waals surface area contributed by atoms with Crippen LogP contribution in [0.1, 0.15) is 25.0 Å². The fourth-order valence-electron chi connectivity index (χ4n) is 2.51. The van der Waals surface area contributed by atoms with Crippen LogP contribution >= 0.6 is 0 Å². The molecule has 1 aromatic heterocycles. The normalized spacial score (nSPS) is 12.5. The van der Waals surface area contributed by atoms with Gasteiger partial charge in [-0.05, 0) is 24.5 Å². The van der Waals surface area contributed by atoms with Crippen molar-refractivity contribution in [3.05, 3.63) is 59.8 Å². The number of aliphatic imine (C=N–C) groups is 1. The van der Waals surface area contributed by atoms with E-state index >= 15 is 0 Å². The Balaban J connectivity index is 1.70. The lowest BCUT2D eigenvalue weighted by atomic mass is 10.2. The summed E-state index contributed by atoms with van der Waals surface area (Å²) >= 11 is 0. The van der Waals surface area contributed by atoms with Crippen molar-refractivity contribution in [2.24, 2.45) is 10.9 Å². The van der Waals surface area contributed by atoms with Crippen LogP contribution in [0.5, 0.6) is 5.88 Å². The number of hydrogen-bond acceptors (Lipinski definition) is 4. The van der Waals surface area contributed by atoms with Gasteiger partial charge < -0.3 is 20.1 Å². The van der Waals surface area contributed by atoms with E-state index in [2.05, 4.69) is 39.7 Å². The van der Waals surface area contributed by atoms with E-state index in [1.165, 1.54) is 5.56 Å². The van der Waals surface area contributed by atoms with E-state index in [0.717, 1.165) is 18.1 Å². The summed E-state index contributed by atoms with van der Waals surface area (Å²) < 4.78 is 11.3. The third-order valence-corrected chi connectivity index (χ3v) is 3.93. The molecule has 2 aromatic rings. The summed E-state index contributed by atoms with van der Waals surface area (Å²) in [5.74, 6) is 1.77. The van der Waals surface area contributed by atoms with Crippen LogP contribution in [-0.4, -0.2) is 37.7 Å². The molecular weight excluding hydrogens is 340 g/mol. The Morgan fingerprint density at radius 2 is 1.96 bits per heavy atom. The molecule has 2 rings (SSSR count). The van der Waals surface area contributed by atoms with E-state index in [1.807, 2.05) is 37.3 Å². The van der Waals surface area contributed by atoms with E-state index in [9.17, 15) is 0 Å². The van der Waals surface area contributed by atoms with Crippen LogP contribution < -0.4 is 15.4 Å². The lowest BCUT2D eigenvalue weighted by Gasteiger charge is -2.17. The van der Waals surface area contributed by atoms with Gasteiger partial charge in [0.15, 0.2) is 5.96 Å². The molecule has 0 saturated heterocycles. The fourth-order valence-corrected chi connectivity index (χ4v) is 2.51.